The van der Waals surface area contributed by atoms with Crippen LogP contribution in [0.3, 0.4) is 0 Å². The molecule has 2 aromatic carbocycles. The van der Waals surface area contributed by atoms with E-state index in [1.165, 1.54) is 4.90 Å². The summed E-state index contributed by atoms with van der Waals surface area (Å²) in [5.74, 6) is -4.06. The van der Waals surface area contributed by atoms with Gasteiger partial charge in [-0.3, -0.25) is 19.7 Å². The molecule has 0 radical (unpaired) electrons. The van der Waals surface area contributed by atoms with Crippen molar-refractivity contribution in [3.05, 3.63) is 64.7 Å². The topological polar surface area (TPSA) is 86.7 Å². The van der Waals surface area contributed by atoms with Gasteiger partial charge in [-0.25, -0.2) is 4.90 Å². The van der Waals surface area contributed by atoms with Crippen molar-refractivity contribution >= 4 is 23.5 Å². The molecule has 6 nitrogen and oxygen atoms in total. The summed E-state index contributed by atoms with van der Waals surface area (Å²) in [5.41, 5.74) is 2.63. The van der Waals surface area contributed by atoms with E-state index in [1.807, 2.05) is 51.1 Å². The number of aryl methyl sites for hydroxylation is 3. The van der Waals surface area contributed by atoms with Crippen LogP contribution in [0.4, 0.5) is 5.69 Å². The summed E-state index contributed by atoms with van der Waals surface area (Å²) in [5, 5.41) is 13.6. The van der Waals surface area contributed by atoms with Gasteiger partial charge in [0, 0.05) is 6.04 Å². The van der Waals surface area contributed by atoms with Crippen LogP contribution in [0.1, 0.15) is 42.1 Å². The summed E-state index contributed by atoms with van der Waals surface area (Å²) >= 11 is 0. The number of hydrogen-bond acceptors (Lipinski definition) is 4. The number of imide groups is 1. The molecular weight excluding hydrogens is 392 g/mol. The van der Waals surface area contributed by atoms with Gasteiger partial charge >= 0.3 is 5.97 Å². The van der Waals surface area contributed by atoms with Crippen molar-refractivity contribution in [3.63, 3.8) is 0 Å². The predicted molar refractivity (Wildman–Crippen MR) is 118 cm³/mol. The first-order chi connectivity index (χ1) is 14.6. The number of fused-ring (bicyclic) bond motifs is 1. The number of carbonyl (C=O) groups is 3. The van der Waals surface area contributed by atoms with Crippen LogP contribution in [0, 0.1) is 38.5 Å². The lowest BCUT2D eigenvalue weighted by molar-refractivity contribution is -0.151. The van der Waals surface area contributed by atoms with Gasteiger partial charge in [0.2, 0.25) is 11.8 Å². The highest BCUT2D eigenvalue weighted by atomic mass is 16.4. The van der Waals surface area contributed by atoms with Crippen molar-refractivity contribution in [3.8, 4) is 0 Å². The molecule has 2 N–H and O–H groups in total. The Kier molecular flexibility index (Phi) is 5.01. The van der Waals surface area contributed by atoms with Crippen LogP contribution in [0.25, 0.3) is 0 Å². The molecule has 4 unspecified atom stereocenters. The van der Waals surface area contributed by atoms with Crippen molar-refractivity contribution in [2.24, 2.45) is 17.8 Å². The standard InChI is InChI=1S/C25H28N2O4/c1-13(2)25(24(30)31)20-19(21(26-25)17-12-14(3)10-11-15(17)4)22(28)27(23(20)29)18-9-7-6-8-16(18)5/h6-13,19-21,26H,1-5H3,(H,30,31). The second-order valence-electron chi connectivity index (χ2n) is 9.11. The van der Waals surface area contributed by atoms with E-state index in [1.54, 1.807) is 26.0 Å². The highest BCUT2D eigenvalue weighted by Crippen LogP contribution is 2.52. The minimum atomic E-state index is -1.53. The number of hydrogen-bond donors (Lipinski definition) is 2. The molecule has 0 spiro atoms. The van der Waals surface area contributed by atoms with E-state index >= 15 is 0 Å². The lowest BCUT2D eigenvalue weighted by atomic mass is 9.73. The molecule has 0 saturated carbocycles. The minimum Gasteiger partial charge on any atom is -0.480 e. The van der Waals surface area contributed by atoms with E-state index in [0.29, 0.717) is 5.69 Å². The highest BCUT2D eigenvalue weighted by Gasteiger charge is 2.69. The van der Waals surface area contributed by atoms with E-state index in [4.69, 9.17) is 0 Å². The van der Waals surface area contributed by atoms with Gasteiger partial charge in [0.05, 0.1) is 17.5 Å². The zero-order chi connectivity index (χ0) is 22.7. The third-order valence-corrected chi connectivity index (χ3v) is 6.99. The van der Waals surface area contributed by atoms with Crippen LogP contribution < -0.4 is 10.2 Å². The minimum absolute atomic E-state index is 0.341. The Morgan fingerprint density at radius 2 is 1.71 bits per heavy atom. The maximum atomic E-state index is 13.7. The largest absolute Gasteiger partial charge is 0.480 e. The fraction of sp³-hybridized carbons (Fsp3) is 0.400. The Morgan fingerprint density at radius 1 is 1.03 bits per heavy atom. The number of aliphatic carboxylic acids is 1. The predicted octanol–water partition coefficient (Wildman–Crippen LogP) is 3.54. The van der Waals surface area contributed by atoms with E-state index in [2.05, 4.69) is 5.32 Å². The quantitative estimate of drug-likeness (QED) is 0.739. The molecule has 2 fully saturated rings. The average Bonchev–Trinajstić information content (AvgIpc) is 3.20. The SMILES string of the molecule is Cc1ccc(C)c(C2NC(C(=O)O)(C(C)C)C3C(=O)N(c4ccccc4C)C(=O)C23)c1. The molecule has 0 bridgehead atoms. The molecule has 2 aliphatic rings. The number of carboxylic acids is 1. The maximum Gasteiger partial charge on any atom is 0.325 e. The molecule has 6 heteroatoms. The van der Waals surface area contributed by atoms with Crippen molar-refractivity contribution < 1.29 is 19.5 Å². The number of carbonyl (C=O) groups excluding carboxylic acids is 2. The van der Waals surface area contributed by atoms with Crippen LogP contribution in [0.15, 0.2) is 42.5 Å². The van der Waals surface area contributed by atoms with Crippen LogP contribution in [-0.4, -0.2) is 28.4 Å². The molecule has 4 rings (SSSR count). The molecule has 0 aliphatic carbocycles. The first kappa shape index (κ1) is 21.2. The highest BCUT2D eigenvalue weighted by molar-refractivity contribution is 6.24. The normalized spacial score (nSPS) is 27.8. The fourth-order valence-corrected chi connectivity index (χ4v) is 5.33. The maximum absolute atomic E-state index is 13.7. The number of rotatable bonds is 4. The van der Waals surface area contributed by atoms with Gasteiger partial charge in [0.25, 0.3) is 0 Å². The van der Waals surface area contributed by atoms with Crippen molar-refractivity contribution in [1.29, 1.82) is 0 Å². The van der Waals surface area contributed by atoms with Crippen LogP contribution >= 0.6 is 0 Å². The molecule has 2 heterocycles. The Bertz CT molecular complexity index is 1090. The Hall–Kier alpha value is -2.99. The summed E-state index contributed by atoms with van der Waals surface area (Å²) in [6, 6.07) is 12.6. The van der Waals surface area contributed by atoms with Gasteiger partial charge in [-0.2, -0.15) is 0 Å². The lowest BCUT2D eigenvalue weighted by Crippen LogP contribution is -2.59. The van der Waals surface area contributed by atoms with Crippen LogP contribution in [0.2, 0.25) is 0 Å². The molecule has 2 amide bonds. The Balaban J connectivity index is 1.93. The smallest absolute Gasteiger partial charge is 0.325 e. The van der Waals surface area contributed by atoms with Crippen LogP contribution in [-0.2, 0) is 14.4 Å². The summed E-state index contributed by atoms with van der Waals surface area (Å²) in [6.07, 6.45) is 0. The molecule has 31 heavy (non-hydrogen) atoms. The van der Waals surface area contributed by atoms with Gasteiger partial charge in [-0.15, -0.1) is 0 Å². The van der Waals surface area contributed by atoms with E-state index in [0.717, 1.165) is 22.3 Å². The lowest BCUT2D eigenvalue weighted by Gasteiger charge is -2.35. The summed E-state index contributed by atoms with van der Waals surface area (Å²) in [7, 11) is 0. The Labute approximate surface area is 182 Å². The number of nitrogens with one attached hydrogen (secondary N) is 1. The van der Waals surface area contributed by atoms with Crippen LogP contribution in [0.5, 0.6) is 0 Å². The molecule has 162 valence electrons. The molecule has 0 aromatic heterocycles. The third-order valence-electron chi connectivity index (χ3n) is 6.99. The second kappa shape index (κ2) is 7.31. The molecule has 2 aromatic rings. The average molecular weight is 421 g/mol. The zero-order valence-electron chi connectivity index (χ0n) is 18.5. The molecular formula is C25H28N2O4. The monoisotopic (exact) mass is 420 g/mol. The summed E-state index contributed by atoms with van der Waals surface area (Å²) < 4.78 is 0. The van der Waals surface area contributed by atoms with E-state index < -0.39 is 41.2 Å². The van der Waals surface area contributed by atoms with E-state index in [-0.39, 0.29) is 5.91 Å². The van der Waals surface area contributed by atoms with Crippen molar-refractivity contribution in [2.45, 2.75) is 46.2 Å². The number of nitrogens with zero attached hydrogens (tertiary/aromatic N) is 1. The van der Waals surface area contributed by atoms with Gasteiger partial charge in [0.15, 0.2) is 0 Å². The molecule has 4 atom stereocenters. The number of carboxylic acid groups (broad SMARTS) is 1. The van der Waals surface area contributed by atoms with Gasteiger partial charge in [0.1, 0.15) is 5.54 Å². The molecule has 2 saturated heterocycles. The van der Waals surface area contributed by atoms with Gasteiger partial charge < -0.3 is 5.11 Å². The van der Waals surface area contributed by atoms with Crippen molar-refractivity contribution in [2.75, 3.05) is 4.90 Å². The van der Waals surface area contributed by atoms with E-state index in [9.17, 15) is 19.5 Å². The third kappa shape index (κ3) is 2.92. The van der Waals surface area contributed by atoms with Crippen molar-refractivity contribution in [1.82, 2.24) is 5.32 Å². The second-order valence-corrected chi connectivity index (χ2v) is 9.11. The first-order valence-corrected chi connectivity index (χ1v) is 10.6. The van der Waals surface area contributed by atoms with Gasteiger partial charge in [-0.05, 0) is 49.4 Å². The fourth-order valence-electron chi connectivity index (χ4n) is 5.33. The summed E-state index contributed by atoms with van der Waals surface area (Å²) in [6.45, 7) is 9.33. The Morgan fingerprint density at radius 3 is 2.32 bits per heavy atom. The molecule has 2 aliphatic heterocycles. The summed E-state index contributed by atoms with van der Waals surface area (Å²) in [4.78, 5) is 41.3. The first-order valence-electron chi connectivity index (χ1n) is 10.6. The number of anilines is 1. The number of amides is 2. The number of benzene rings is 2. The zero-order valence-corrected chi connectivity index (χ0v) is 18.5. The number of para-hydroxylation sites is 1. The van der Waals surface area contributed by atoms with Gasteiger partial charge in [-0.1, -0.05) is 55.8 Å².